The van der Waals surface area contributed by atoms with E-state index in [9.17, 15) is 9.59 Å². The molecule has 0 radical (unpaired) electrons. The Hall–Kier alpha value is -2.67. The van der Waals surface area contributed by atoms with Crippen LogP contribution in [0.25, 0.3) is 5.69 Å². The van der Waals surface area contributed by atoms with E-state index in [1.54, 1.807) is 29.8 Å². The van der Waals surface area contributed by atoms with E-state index in [0.717, 1.165) is 12.8 Å². The predicted octanol–water partition coefficient (Wildman–Crippen LogP) is 2.24. The van der Waals surface area contributed by atoms with E-state index >= 15 is 0 Å². The summed E-state index contributed by atoms with van der Waals surface area (Å²) < 4.78 is 6.89. The van der Waals surface area contributed by atoms with Crippen molar-refractivity contribution in [2.24, 2.45) is 5.92 Å². The monoisotopic (exact) mass is 329 g/mol. The van der Waals surface area contributed by atoms with E-state index in [1.165, 1.54) is 6.20 Å². The van der Waals surface area contributed by atoms with Gasteiger partial charge in [0.2, 0.25) is 5.91 Å². The second kappa shape index (κ2) is 6.84. The quantitative estimate of drug-likeness (QED) is 0.897. The van der Waals surface area contributed by atoms with Crippen molar-refractivity contribution in [3.05, 3.63) is 41.7 Å². The Morgan fingerprint density at radius 1 is 1.42 bits per heavy atom. The molecule has 3 rings (SSSR count). The topological polar surface area (TPSA) is 93.5 Å². The maximum atomic E-state index is 12.3. The second-order valence-electron chi connectivity index (χ2n) is 5.81. The van der Waals surface area contributed by atoms with Gasteiger partial charge in [-0.25, -0.2) is 9.48 Å². The van der Waals surface area contributed by atoms with Crippen molar-refractivity contribution in [3.63, 3.8) is 0 Å². The average Bonchev–Trinajstić information content (AvgIpc) is 2.97. The molecule has 1 aromatic heterocycles. The zero-order valence-electron chi connectivity index (χ0n) is 13.4. The molecule has 1 aliphatic heterocycles. The minimum absolute atomic E-state index is 0.0599. The van der Waals surface area contributed by atoms with E-state index in [0.29, 0.717) is 30.3 Å². The predicted molar refractivity (Wildman–Crippen MR) is 87.4 cm³/mol. The largest absolute Gasteiger partial charge is 0.478 e. The first-order valence-corrected chi connectivity index (χ1v) is 7.83. The molecule has 24 heavy (non-hydrogen) atoms. The summed E-state index contributed by atoms with van der Waals surface area (Å²) in [5, 5.41) is 16.1. The van der Waals surface area contributed by atoms with Crippen molar-refractivity contribution in [1.29, 1.82) is 0 Å². The fraction of sp³-hybridized carbons (Fsp3) is 0.353. The molecule has 1 amide bonds. The zero-order valence-corrected chi connectivity index (χ0v) is 13.4. The number of carbonyl (C=O) groups excluding carboxylic acids is 1. The number of aromatic nitrogens is 2. The van der Waals surface area contributed by atoms with Crippen molar-refractivity contribution in [2.45, 2.75) is 19.8 Å². The van der Waals surface area contributed by atoms with Gasteiger partial charge in [0.25, 0.3) is 0 Å². The molecule has 0 bridgehead atoms. The first kappa shape index (κ1) is 16.2. The lowest BCUT2D eigenvalue weighted by molar-refractivity contribution is -0.123. The Labute approximate surface area is 139 Å². The summed E-state index contributed by atoms with van der Waals surface area (Å²) in [5.41, 5.74) is 2.03. The molecular formula is C17H19N3O4. The molecule has 1 aliphatic rings. The van der Waals surface area contributed by atoms with Gasteiger partial charge in [0, 0.05) is 12.3 Å². The van der Waals surface area contributed by atoms with Crippen molar-refractivity contribution >= 4 is 17.6 Å². The number of aromatic carboxylic acids is 1. The van der Waals surface area contributed by atoms with Gasteiger partial charge >= 0.3 is 5.97 Å². The standard InChI is InChI=1S/C17H19N3O4/c1-11-15(17(22)23)9-18-20(11)14-6-2-5-13(8-14)19-16(21)12-4-3-7-24-10-12/h2,5-6,8-9,12H,3-4,7,10H2,1H3,(H,19,21)(H,22,23). The lowest BCUT2D eigenvalue weighted by Crippen LogP contribution is -2.30. The van der Waals surface area contributed by atoms with Gasteiger partial charge in [0.05, 0.1) is 30.1 Å². The van der Waals surface area contributed by atoms with Gasteiger partial charge in [-0.1, -0.05) is 6.07 Å². The van der Waals surface area contributed by atoms with E-state index in [4.69, 9.17) is 9.84 Å². The van der Waals surface area contributed by atoms with Crippen LogP contribution in [0.2, 0.25) is 0 Å². The molecule has 2 aromatic rings. The molecule has 1 fully saturated rings. The third-order valence-corrected chi connectivity index (χ3v) is 4.13. The van der Waals surface area contributed by atoms with Crippen LogP contribution >= 0.6 is 0 Å². The molecule has 1 unspecified atom stereocenters. The zero-order chi connectivity index (χ0) is 17.1. The summed E-state index contributed by atoms with van der Waals surface area (Å²) in [6, 6.07) is 7.17. The second-order valence-corrected chi connectivity index (χ2v) is 5.81. The number of nitrogens with zero attached hydrogens (tertiary/aromatic N) is 2. The van der Waals surface area contributed by atoms with E-state index in [-0.39, 0.29) is 17.4 Å². The van der Waals surface area contributed by atoms with E-state index in [2.05, 4.69) is 10.4 Å². The normalized spacial score (nSPS) is 17.5. The van der Waals surface area contributed by atoms with Crippen LogP contribution in [0.5, 0.6) is 0 Å². The number of carboxylic acids is 1. The van der Waals surface area contributed by atoms with E-state index in [1.807, 2.05) is 6.07 Å². The third-order valence-electron chi connectivity index (χ3n) is 4.13. The number of benzene rings is 1. The number of nitrogens with one attached hydrogen (secondary N) is 1. The Kier molecular flexibility index (Phi) is 4.61. The van der Waals surface area contributed by atoms with Gasteiger partial charge in [0.1, 0.15) is 5.56 Å². The van der Waals surface area contributed by atoms with Crippen molar-refractivity contribution in [1.82, 2.24) is 9.78 Å². The van der Waals surface area contributed by atoms with Crippen LogP contribution in [0, 0.1) is 12.8 Å². The molecule has 1 saturated heterocycles. The number of hydrogen-bond donors (Lipinski definition) is 2. The fourth-order valence-corrected chi connectivity index (χ4v) is 2.79. The van der Waals surface area contributed by atoms with E-state index < -0.39 is 5.97 Å². The van der Waals surface area contributed by atoms with Gasteiger partial charge in [-0.05, 0) is 38.0 Å². The number of carbonyl (C=O) groups is 2. The van der Waals surface area contributed by atoms with Crippen molar-refractivity contribution < 1.29 is 19.4 Å². The van der Waals surface area contributed by atoms with Crippen molar-refractivity contribution in [3.8, 4) is 5.69 Å². The van der Waals surface area contributed by atoms with Gasteiger partial charge in [0.15, 0.2) is 0 Å². The third kappa shape index (κ3) is 3.30. The molecule has 0 aliphatic carbocycles. The van der Waals surface area contributed by atoms with Crippen LogP contribution in [0.4, 0.5) is 5.69 Å². The number of anilines is 1. The SMILES string of the molecule is Cc1c(C(=O)O)cnn1-c1cccc(NC(=O)C2CCCOC2)c1. The molecule has 126 valence electrons. The molecule has 7 nitrogen and oxygen atoms in total. The number of hydrogen-bond acceptors (Lipinski definition) is 4. The summed E-state index contributed by atoms with van der Waals surface area (Å²) in [5.74, 6) is -1.21. The molecule has 2 N–H and O–H groups in total. The summed E-state index contributed by atoms with van der Waals surface area (Å²) in [6.45, 7) is 2.86. The molecule has 7 heteroatoms. The molecule has 0 saturated carbocycles. The highest BCUT2D eigenvalue weighted by atomic mass is 16.5. The highest BCUT2D eigenvalue weighted by Gasteiger charge is 2.22. The van der Waals surface area contributed by atoms with Crippen LogP contribution in [-0.2, 0) is 9.53 Å². The summed E-state index contributed by atoms with van der Waals surface area (Å²) in [4.78, 5) is 23.4. The number of carboxylic acid groups (broad SMARTS) is 1. The average molecular weight is 329 g/mol. The maximum Gasteiger partial charge on any atom is 0.339 e. The van der Waals surface area contributed by atoms with Gasteiger partial charge in [-0.15, -0.1) is 0 Å². The fourth-order valence-electron chi connectivity index (χ4n) is 2.79. The number of rotatable bonds is 4. The summed E-state index contributed by atoms with van der Waals surface area (Å²) in [7, 11) is 0. The first-order valence-electron chi connectivity index (χ1n) is 7.83. The Balaban J connectivity index is 1.79. The first-order chi connectivity index (χ1) is 11.6. The Bertz CT molecular complexity index is 763. The van der Waals surface area contributed by atoms with Crippen molar-refractivity contribution in [2.75, 3.05) is 18.5 Å². The lowest BCUT2D eigenvalue weighted by atomic mass is 10.0. The van der Waals surface area contributed by atoms with Crippen LogP contribution in [0.15, 0.2) is 30.5 Å². The Morgan fingerprint density at radius 2 is 2.25 bits per heavy atom. The Morgan fingerprint density at radius 3 is 2.92 bits per heavy atom. The molecule has 1 atom stereocenters. The number of amides is 1. The summed E-state index contributed by atoms with van der Waals surface area (Å²) >= 11 is 0. The van der Waals surface area contributed by atoms with Crippen LogP contribution < -0.4 is 5.32 Å². The van der Waals surface area contributed by atoms with Gasteiger partial charge in [-0.2, -0.15) is 5.10 Å². The van der Waals surface area contributed by atoms with Crippen LogP contribution in [0.1, 0.15) is 28.9 Å². The highest BCUT2D eigenvalue weighted by molar-refractivity contribution is 5.93. The molecule has 2 heterocycles. The minimum atomic E-state index is -1.01. The van der Waals surface area contributed by atoms with Crippen LogP contribution in [0.3, 0.4) is 0 Å². The molecule has 1 aromatic carbocycles. The minimum Gasteiger partial charge on any atom is -0.478 e. The van der Waals surface area contributed by atoms with Crippen LogP contribution in [-0.4, -0.2) is 40.0 Å². The van der Waals surface area contributed by atoms with Gasteiger partial charge < -0.3 is 15.2 Å². The summed E-state index contributed by atoms with van der Waals surface area (Å²) in [6.07, 6.45) is 3.04. The maximum absolute atomic E-state index is 12.3. The molecule has 0 spiro atoms. The van der Waals surface area contributed by atoms with Gasteiger partial charge in [-0.3, -0.25) is 4.79 Å². The number of ether oxygens (including phenoxy) is 1. The molecular weight excluding hydrogens is 310 g/mol. The highest BCUT2D eigenvalue weighted by Crippen LogP contribution is 2.20. The lowest BCUT2D eigenvalue weighted by Gasteiger charge is -2.21. The smallest absolute Gasteiger partial charge is 0.339 e.